The number of hydrogen-bond donors (Lipinski definition) is 2. The predicted molar refractivity (Wildman–Crippen MR) is 73.2 cm³/mol. The molecular weight excluding hydrogens is 226 g/mol. The van der Waals surface area contributed by atoms with Crippen LogP contribution in [-0.2, 0) is 0 Å². The van der Waals surface area contributed by atoms with E-state index in [1.807, 2.05) is 54.6 Å². The fraction of sp³-hybridized carbons (Fsp3) is 0.200. The lowest BCUT2D eigenvalue weighted by Crippen LogP contribution is -2.03. The van der Waals surface area contributed by atoms with Gasteiger partial charge in [-0.1, -0.05) is 24.3 Å². The summed E-state index contributed by atoms with van der Waals surface area (Å²) in [6, 6.07) is 17.5. The largest absolute Gasteiger partial charge is 0.457 e. The van der Waals surface area contributed by atoms with E-state index < -0.39 is 0 Å². The molecule has 0 unspecified atom stereocenters. The summed E-state index contributed by atoms with van der Waals surface area (Å²) in [6.45, 7) is 0.957. The van der Waals surface area contributed by atoms with Gasteiger partial charge >= 0.3 is 0 Å². The van der Waals surface area contributed by atoms with Crippen molar-refractivity contribution in [2.75, 3.05) is 18.5 Å². The maximum atomic E-state index is 8.73. The number of aliphatic hydroxyl groups is 1. The Morgan fingerprint density at radius 3 is 2.50 bits per heavy atom. The van der Waals surface area contributed by atoms with Crippen molar-refractivity contribution < 1.29 is 9.84 Å². The fourth-order valence-electron chi connectivity index (χ4n) is 1.61. The molecule has 0 aliphatic heterocycles. The Morgan fingerprint density at radius 1 is 0.944 bits per heavy atom. The molecule has 0 fully saturated rings. The maximum Gasteiger partial charge on any atom is 0.129 e. The van der Waals surface area contributed by atoms with E-state index in [4.69, 9.17) is 9.84 Å². The average Bonchev–Trinajstić information content (AvgIpc) is 2.41. The Balaban J connectivity index is 1.99. The highest BCUT2D eigenvalue weighted by Gasteiger charge is 1.98. The van der Waals surface area contributed by atoms with E-state index >= 15 is 0 Å². The van der Waals surface area contributed by atoms with Gasteiger partial charge in [-0.05, 0) is 30.7 Å². The van der Waals surface area contributed by atoms with Crippen LogP contribution < -0.4 is 10.1 Å². The second-order valence-corrected chi connectivity index (χ2v) is 3.95. The van der Waals surface area contributed by atoms with Gasteiger partial charge in [0.15, 0.2) is 0 Å². The Labute approximate surface area is 107 Å². The van der Waals surface area contributed by atoms with Crippen molar-refractivity contribution in [1.82, 2.24) is 0 Å². The lowest BCUT2D eigenvalue weighted by Gasteiger charge is -2.09. The van der Waals surface area contributed by atoms with Crippen LogP contribution in [0.15, 0.2) is 54.6 Å². The Hall–Kier alpha value is -2.00. The average molecular weight is 243 g/mol. The molecule has 0 spiro atoms. The molecule has 0 atom stereocenters. The third-order valence-electron chi connectivity index (χ3n) is 2.48. The topological polar surface area (TPSA) is 41.5 Å². The summed E-state index contributed by atoms with van der Waals surface area (Å²) in [4.78, 5) is 0. The van der Waals surface area contributed by atoms with Crippen LogP contribution >= 0.6 is 0 Å². The van der Waals surface area contributed by atoms with Gasteiger partial charge in [0.25, 0.3) is 0 Å². The van der Waals surface area contributed by atoms with E-state index in [9.17, 15) is 0 Å². The zero-order valence-corrected chi connectivity index (χ0v) is 10.2. The van der Waals surface area contributed by atoms with Crippen LogP contribution in [0.3, 0.4) is 0 Å². The minimum atomic E-state index is 0.202. The zero-order chi connectivity index (χ0) is 12.6. The van der Waals surface area contributed by atoms with Crippen molar-refractivity contribution in [1.29, 1.82) is 0 Å². The van der Waals surface area contributed by atoms with Crippen molar-refractivity contribution in [2.45, 2.75) is 6.42 Å². The highest BCUT2D eigenvalue weighted by molar-refractivity contribution is 5.49. The van der Waals surface area contributed by atoms with Crippen LogP contribution in [0.1, 0.15) is 6.42 Å². The SMILES string of the molecule is OCCCNc1cccc(Oc2ccccc2)c1. The zero-order valence-electron chi connectivity index (χ0n) is 10.2. The highest BCUT2D eigenvalue weighted by atomic mass is 16.5. The molecule has 0 amide bonds. The summed E-state index contributed by atoms with van der Waals surface area (Å²) in [5.41, 5.74) is 0.997. The summed E-state index contributed by atoms with van der Waals surface area (Å²) in [5, 5.41) is 12.0. The first-order chi connectivity index (χ1) is 8.88. The van der Waals surface area contributed by atoms with E-state index in [1.54, 1.807) is 0 Å². The molecule has 0 bridgehead atoms. The molecule has 2 rings (SSSR count). The number of nitrogens with one attached hydrogen (secondary N) is 1. The first-order valence-corrected chi connectivity index (χ1v) is 6.06. The Morgan fingerprint density at radius 2 is 1.72 bits per heavy atom. The number of benzene rings is 2. The Bertz CT molecular complexity index is 471. The first kappa shape index (κ1) is 12.5. The molecule has 3 nitrogen and oxygen atoms in total. The number of anilines is 1. The molecule has 2 aromatic rings. The number of ether oxygens (including phenoxy) is 1. The minimum Gasteiger partial charge on any atom is -0.457 e. The van der Waals surface area contributed by atoms with Gasteiger partial charge in [0.05, 0.1) is 0 Å². The molecule has 2 N–H and O–H groups in total. The van der Waals surface area contributed by atoms with Crippen molar-refractivity contribution in [3.05, 3.63) is 54.6 Å². The van der Waals surface area contributed by atoms with Crippen LogP contribution in [-0.4, -0.2) is 18.3 Å². The molecule has 0 aromatic heterocycles. The summed E-state index contributed by atoms with van der Waals surface area (Å²) < 4.78 is 5.74. The normalized spacial score (nSPS) is 10.1. The van der Waals surface area contributed by atoms with Gasteiger partial charge in [0.1, 0.15) is 11.5 Å². The van der Waals surface area contributed by atoms with Gasteiger partial charge in [-0.2, -0.15) is 0 Å². The Kier molecular flexibility index (Phi) is 4.61. The van der Waals surface area contributed by atoms with E-state index in [1.165, 1.54) is 0 Å². The monoisotopic (exact) mass is 243 g/mol. The summed E-state index contributed by atoms with van der Waals surface area (Å²) in [7, 11) is 0. The lowest BCUT2D eigenvalue weighted by atomic mass is 10.3. The molecule has 0 saturated heterocycles. The summed E-state index contributed by atoms with van der Waals surface area (Å²) in [5.74, 6) is 1.63. The molecule has 0 radical (unpaired) electrons. The summed E-state index contributed by atoms with van der Waals surface area (Å²) in [6.07, 6.45) is 0.740. The van der Waals surface area contributed by atoms with E-state index in [0.29, 0.717) is 0 Å². The third-order valence-corrected chi connectivity index (χ3v) is 2.48. The van der Waals surface area contributed by atoms with Crippen molar-refractivity contribution in [3.8, 4) is 11.5 Å². The standard InChI is InChI=1S/C15H17NO2/c17-11-5-10-16-13-6-4-9-15(12-13)18-14-7-2-1-3-8-14/h1-4,6-9,12,16-17H,5,10-11H2. The van der Waals surface area contributed by atoms with Gasteiger partial charge in [0.2, 0.25) is 0 Å². The van der Waals surface area contributed by atoms with E-state index in [-0.39, 0.29) is 6.61 Å². The fourth-order valence-corrected chi connectivity index (χ4v) is 1.61. The molecule has 2 aromatic carbocycles. The number of aliphatic hydroxyl groups excluding tert-OH is 1. The summed E-state index contributed by atoms with van der Waals surface area (Å²) >= 11 is 0. The van der Waals surface area contributed by atoms with Gasteiger partial charge in [-0.15, -0.1) is 0 Å². The molecule has 94 valence electrons. The number of para-hydroxylation sites is 1. The number of rotatable bonds is 6. The van der Waals surface area contributed by atoms with Crippen LogP contribution in [0.5, 0.6) is 11.5 Å². The van der Waals surface area contributed by atoms with Gasteiger partial charge in [-0.3, -0.25) is 0 Å². The second kappa shape index (κ2) is 6.67. The molecule has 0 aliphatic rings. The van der Waals surface area contributed by atoms with Gasteiger partial charge in [-0.25, -0.2) is 0 Å². The smallest absolute Gasteiger partial charge is 0.129 e. The van der Waals surface area contributed by atoms with E-state index in [0.717, 1.165) is 30.2 Å². The van der Waals surface area contributed by atoms with Crippen LogP contribution in [0, 0.1) is 0 Å². The van der Waals surface area contributed by atoms with Gasteiger partial charge in [0, 0.05) is 24.9 Å². The molecule has 3 heteroatoms. The highest BCUT2D eigenvalue weighted by Crippen LogP contribution is 2.23. The lowest BCUT2D eigenvalue weighted by molar-refractivity contribution is 0.292. The molecule has 18 heavy (non-hydrogen) atoms. The van der Waals surface area contributed by atoms with Gasteiger partial charge < -0.3 is 15.2 Å². The minimum absolute atomic E-state index is 0.202. The maximum absolute atomic E-state index is 8.73. The third kappa shape index (κ3) is 3.79. The van der Waals surface area contributed by atoms with Crippen LogP contribution in [0.25, 0.3) is 0 Å². The van der Waals surface area contributed by atoms with Crippen LogP contribution in [0.4, 0.5) is 5.69 Å². The van der Waals surface area contributed by atoms with E-state index in [2.05, 4.69) is 5.32 Å². The van der Waals surface area contributed by atoms with Crippen molar-refractivity contribution >= 4 is 5.69 Å². The van der Waals surface area contributed by atoms with Crippen molar-refractivity contribution in [2.24, 2.45) is 0 Å². The molecule has 0 aliphatic carbocycles. The van der Waals surface area contributed by atoms with Crippen LogP contribution in [0.2, 0.25) is 0 Å². The van der Waals surface area contributed by atoms with Crippen molar-refractivity contribution in [3.63, 3.8) is 0 Å². The molecular formula is C15H17NO2. The quantitative estimate of drug-likeness (QED) is 0.765. The number of hydrogen-bond acceptors (Lipinski definition) is 3. The first-order valence-electron chi connectivity index (χ1n) is 6.06. The molecule has 0 heterocycles. The molecule has 0 saturated carbocycles. The predicted octanol–water partition coefficient (Wildman–Crippen LogP) is 3.27. The second-order valence-electron chi connectivity index (χ2n) is 3.95.